The lowest BCUT2D eigenvalue weighted by Crippen LogP contribution is -2.24. The quantitative estimate of drug-likeness (QED) is 0.895. The van der Waals surface area contributed by atoms with E-state index in [2.05, 4.69) is 56.3 Å². The van der Waals surface area contributed by atoms with Crippen LogP contribution in [0.4, 0.5) is 0 Å². The van der Waals surface area contributed by atoms with Crippen molar-refractivity contribution in [1.29, 1.82) is 0 Å². The van der Waals surface area contributed by atoms with Crippen molar-refractivity contribution in [3.63, 3.8) is 0 Å². The van der Waals surface area contributed by atoms with E-state index in [1.54, 1.807) is 6.20 Å². The highest BCUT2D eigenvalue weighted by atomic mass is 35.5. The molecule has 1 aromatic carbocycles. The zero-order valence-electron chi connectivity index (χ0n) is 13.4. The summed E-state index contributed by atoms with van der Waals surface area (Å²) in [5.74, 6) is 0. The second kappa shape index (κ2) is 6.63. The second-order valence-electron chi connectivity index (χ2n) is 5.89. The molecule has 2 rings (SSSR count). The Morgan fingerprint density at radius 1 is 1.29 bits per heavy atom. The molecule has 0 saturated carbocycles. The molecule has 0 saturated heterocycles. The van der Waals surface area contributed by atoms with Crippen molar-refractivity contribution in [1.82, 2.24) is 15.1 Å². The van der Waals surface area contributed by atoms with E-state index in [9.17, 15) is 0 Å². The van der Waals surface area contributed by atoms with Crippen molar-refractivity contribution in [3.05, 3.63) is 51.8 Å². The van der Waals surface area contributed by atoms with Gasteiger partial charge in [-0.3, -0.25) is 4.68 Å². The van der Waals surface area contributed by atoms with E-state index < -0.39 is 0 Å². The normalized spacial score (nSPS) is 12.9. The number of likely N-dealkylation sites (N-methyl/N-ethyl adjacent to an activating group) is 1. The van der Waals surface area contributed by atoms with Gasteiger partial charge >= 0.3 is 0 Å². The Labute approximate surface area is 132 Å². The van der Waals surface area contributed by atoms with Gasteiger partial charge in [0.15, 0.2) is 0 Å². The van der Waals surface area contributed by atoms with Gasteiger partial charge in [-0.2, -0.15) is 5.10 Å². The third-order valence-electron chi connectivity index (χ3n) is 3.88. The van der Waals surface area contributed by atoms with Gasteiger partial charge in [0.25, 0.3) is 0 Å². The fraction of sp³-hybridized carbons (Fsp3) is 0.471. The van der Waals surface area contributed by atoms with Crippen LogP contribution in [0.3, 0.4) is 0 Å². The van der Waals surface area contributed by atoms with Gasteiger partial charge in [0.05, 0.1) is 23.0 Å². The van der Waals surface area contributed by atoms with Crippen molar-refractivity contribution < 1.29 is 0 Å². The molecule has 0 bridgehead atoms. The topological polar surface area (TPSA) is 29.9 Å². The molecular weight excluding hydrogens is 282 g/mol. The van der Waals surface area contributed by atoms with E-state index in [1.807, 2.05) is 11.7 Å². The molecule has 1 unspecified atom stereocenters. The molecule has 1 heterocycles. The Bertz CT molecular complexity index is 616. The Hall–Kier alpha value is -1.32. The number of benzene rings is 1. The van der Waals surface area contributed by atoms with Gasteiger partial charge in [-0.15, -0.1) is 0 Å². The highest BCUT2D eigenvalue weighted by Gasteiger charge is 2.21. The Morgan fingerprint density at radius 3 is 2.62 bits per heavy atom. The van der Waals surface area contributed by atoms with Crippen molar-refractivity contribution in [2.24, 2.45) is 0 Å². The first-order valence-electron chi connectivity index (χ1n) is 7.40. The molecule has 0 radical (unpaired) electrons. The van der Waals surface area contributed by atoms with Crippen LogP contribution in [0.2, 0.25) is 5.02 Å². The van der Waals surface area contributed by atoms with Crippen molar-refractivity contribution in [2.45, 2.75) is 46.2 Å². The number of aryl methyl sites for hydroxylation is 2. The Morgan fingerprint density at radius 2 is 2.00 bits per heavy atom. The molecular formula is C17H24ClN3. The summed E-state index contributed by atoms with van der Waals surface area (Å²) in [5, 5.41) is 8.53. The minimum atomic E-state index is 0.155. The fourth-order valence-corrected chi connectivity index (χ4v) is 2.93. The van der Waals surface area contributed by atoms with Crippen LogP contribution in [0.25, 0.3) is 0 Å². The standard InChI is InChI=1S/C17H24ClN3/c1-11(2)21-17(15(18)10-20-21)16(19-5)9-14-8-12(3)6-7-13(14)4/h6-8,10-11,16,19H,9H2,1-5H3. The molecule has 114 valence electrons. The van der Waals surface area contributed by atoms with Gasteiger partial charge in [0.1, 0.15) is 0 Å². The van der Waals surface area contributed by atoms with E-state index in [0.29, 0.717) is 6.04 Å². The van der Waals surface area contributed by atoms with E-state index in [1.165, 1.54) is 16.7 Å². The summed E-state index contributed by atoms with van der Waals surface area (Å²) >= 11 is 6.38. The van der Waals surface area contributed by atoms with E-state index >= 15 is 0 Å². The molecule has 1 N–H and O–H groups in total. The van der Waals surface area contributed by atoms with Gasteiger partial charge in [0.2, 0.25) is 0 Å². The predicted molar refractivity (Wildman–Crippen MR) is 89.0 cm³/mol. The monoisotopic (exact) mass is 305 g/mol. The summed E-state index contributed by atoms with van der Waals surface area (Å²) < 4.78 is 2.01. The second-order valence-corrected chi connectivity index (χ2v) is 6.30. The van der Waals surface area contributed by atoms with Crippen LogP contribution in [0.15, 0.2) is 24.4 Å². The molecule has 21 heavy (non-hydrogen) atoms. The highest BCUT2D eigenvalue weighted by molar-refractivity contribution is 6.31. The molecule has 0 aliphatic carbocycles. The van der Waals surface area contributed by atoms with Gasteiger partial charge in [0, 0.05) is 6.04 Å². The molecule has 2 aromatic rings. The molecule has 1 aromatic heterocycles. The summed E-state index contributed by atoms with van der Waals surface area (Å²) in [7, 11) is 1.98. The van der Waals surface area contributed by atoms with Crippen molar-refractivity contribution in [3.8, 4) is 0 Å². The Kier molecular flexibility index (Phi) is 5.07. The maximum absolute atomic E-state index is 6.38. The maximum Gasteiger partial charge on any atom is 0.0834 e. The number of hydrogen-bond acceptors (Lipinski definition) is 2. The van der Waals surface area contributed by atoms with Gasteiger partial charge < -0.3 is 5.32 Å². The summed E-state index contributed by atoms with van der Waals surface area (Å²) in [6, 6.07) is 7.03. The third kappa shape index (κ3) is 3.47. The molecule has 1 atom stereocenters. The molecule has 0 amide bonds. The summed E-state index contributed by atoms with van der Waals surface area (Å²) in [6.45, 7) is 8.53. The fourth-order valence-electron chi connectivity index (χ4n) is 2.66. The minimum absolute atomic E-state index is 0.155. The number of hydrogen-bond donors (Lipinski definition) is 1. The summed E-state index contributed by atoms with van der Waals surface area (Å²) in [6.07, 6.45) is 2.65. The average molecular weight is 306 g/mol. The number of halogens is 1. The van der Waals surface area contributed by atoms with E-state index in [4.69, 9.17) is 11.6 Å². The van der Waals surface area contributed by atoms with Gasteiger partial charge in [-0.25, -0.2) is 0 Å². The van der Waals surface area contributed by atoms with Crippen LogP contribution in [0.1, 0.15) is 48.3 Å². The zero-order valence-corrected chi connectivity index (χ0v) is 14.2. The number of rotatable bonds is 5. The van der Waals surface area contributed by atoms with Gasteiger partial charge in [-0.05, 0) is 52.3 Å². The Balaban J connectivity index is 2.37. The molecule has 0 spiro atoms. The van der Waals surface area contributed by atoms with Crippen LogP contribution in [-0.2, 0) is 6.42 Å². The molecule has 4 heteroatoms. The maximum atomic E-state index is 6.38. The molecule has 3 nitrogen and oxygen atoms in total. The van der Waals surface area contributed by atoms with E-state index in [0.717, 1.165) is 17.1 Å². The van der Waals surface area contributed by atoms with Crippen molar-refractivity contribution >= 4 is 11.6 Å². The number of nitrogens with zero attached hydrogens (tertiary/aromatic N) is 2. The van der Waals surface area contributed by atoms with E-state index in [-0.39, 0.29) is 6.04 Å². The van der Waals surface area contributed by atoms with Crippen LogP contribution >= 0.6 is 11.6 Å². The van der Waals surface area contributed by atoms with Crippen LogP contribution in [0.5, 0.6) is 0 Å². The van der Waals surface area contributed by atoms with Crippen molar-refractivity contribution in [2.75, 3.05) is 7.05 Å². The predicted octanol–water partition coefficient (Wildman–Crippen LogP) is 4.24. The first kappa shape index (κ1) is 16.1. The molecule has 0 aliphatic heterocycles. The highest BCUT2D eigenvalue weighted by Crippen LogP contribution is 2.28. The smallest absolute Gasteiger partial charge is 0.0834 e. The van der Waals surface area contributed by atoms with Gasteiger partial charge in [-0.1, -0.05) is 35.4 Å². The zero-order chi connectivity index (χ0) is 15.6. The van der Waals surface area contributed by atoms with Crippen LogP contribution in [0, 0.1) is 13.8 Å². The average Bonchev–Trinajstić information content (AvgIpc) is 2.82. The lowest BCUT2D eigenvalue weighted by atomic mass is 9.97. The summed E-state index contributed by atoms with van der Waals surface area (Å²) in [4.78, 5) is 0. The van der Waals surface area contributed by atoms with Crippen LogP contribution in [-0.4, -0.2) is 16.8 Å². The lowest BCUT2D eigenvalue weighted by molar-refractivity contribution is 0.459. The molecule has 0 fully saturated rings. The molecule has 0 aliphatic rings. The lowest BCUT2D eigenvalue weighted by Gasteiger charge is -2.21. The number of nitrogens with one attached hydrogen (secondary N) is 1. The first-order valence-corrected chi connectivity index (χ1v) is 7.78. The third-order valence-corrected chi connectivity index (χ3v) is 4.17. The SMILES string of the molecule is CNC(Cc1cc(C)ccc1C)c1c(Cl)cnn1C(C)C. The largest absolute Gasteiger partial charge is 0.311 e. The number of aromatic nitrogens is 2. The van der Waals surface area contributed by atoms with Crippen LogP contribution < -0.4 is 5.32 Å². The summed E-state index contributed by atoms with van der Waals surface area (Å²) in [5.41, 5.74) is 5.01. The minimum Gasteiger partial charge on any atom is -0.311 e. The first-order chi connectivity index (χ1) is 9.93.